The highest BCUT2D eigenvalue weighted by molar-refractivity contribution is 5.85. The summed E-state index contributed by atoms with van der Waals surface area (Å²) >= 11 is 0. The molecular weight excluding hydrogens is 343 g/mol. The standard InChI is InChI=1S/C19H18F3N3O/c1-19(2,3)15(18(23)26)16-17(10-6-12(21)8-13(22)7-10)25-9-11(20)4-5-14(25)24-16/h4-9,15H,1-3H3,(H2,23,26). The minimum atomic E-state index is -0.841. The van der Waals surface area contributed by atoms with E-state index in [1.54, 1.807) is 0 Å². The van der Waals surface area contributed by atoms with Gasteiger partial charge < -0.3 is 5.73 Å². The number of nitrogens with zero attached hydrogens (tertiary/aromatic N) is 2. The number of amides is 1. The van der Waals surface area contributed by atoms with Gasteiger partial charge in [0.2, 0.25) is 5.91 Å². The molecule has 1 atom stereocenters. The van der Waals surface area contributed by atoms with E-state index in [0.29, 0.717) is 5.65 Å². The maximum absolute atomic E-state index is 13.8. The molecule has 0 fully saturated rings. The average Bonchev–Trinajstić information content (AvgIpc) is 2.81. The number of carbonyl (C=O) groups is 1. The molecule has 1 unspecified atom stereocenters. The van der Waals surface area contributed by atoms with E-state index in [-0.39, 0.29) is 17.0 Å². The zero-order chi connectivity index (χ0) is 19.2. The number of fused-ring (bicyclic) bond motifs is 1. The van der Waals surface area contributed by atoms with Crippen LogP contribution in [0.3, 0.4) is 0 Å². The van der Waals surface area contributed by atoms with Crippen LogP contribution >= 0.6 is 0 Å². The van der Waals surface area contributed by atoms with Crippen molar-refractivity contribution in [2.24, 2.45) is 11.1 Å². The van der Waals surface area contributed by atoms with Crippen LogP contribution in [0.1, 0.15) is 32.4 Å². The van der Waals surface area contributed by atoms with Crippen molar-refractivity contribution < 1.29 is 18.0 Å². The number of rotatable bonds is 3. The third kappa shape index (κ3) is 3.16. The van der Waals surface area contributed by atoms with Gasteiger partial charge >= 0.3 is 0 Å². The summed E-state index contributed by atoms with van der Waals surface area (Å²) in [6.45, 7) is 5.43. The lowest BCUT2D eigenvalue weighted by atomic mass is 9.77. The molecule has 2 heterocycles. The molecular formula is C19H18F3N3O. The topological polar surface area (TPSA) is 60.4 Å². The number of imidazole rings is 1. The highest BCUT2D eigenvalue weighted by Crippen LogP contribution is 2.40. The third-order valence-corrected chi connectivity index (χ3v) is 4.17. The number of halogens is 3. The predicted molar refractivity (Wildman–Crippen MR) is 91.9 cm³/mol. The number of pyridine rings is 1. The van der Waals surface area contributed by atoms with Gasteiger partial charge in [-0.3, -0.25) is 9.20 Å². The predicted octanol–water partition coefficient (Wildman–Crippen LogP) is 4.03. The minimum absolute atomic E-state index is 0.145. The SMILES string of the molecule is CC(C)(C)C(C(N)=O)c1nc2ccc(F)cn2c1-c1cc(F)cc(F)c1. The first-order valence-corrected chi connectivity index (χ1v) is 8.01. The van der Waals surface area contributed by atoms with Gasteiger partial charge in [-0.15, -0.1) is 0 Å². The molecule has 0 radical (unpaired) electrons. The first-order chi connectivity index (χ1) is 12.1. The van der Waals surface area contributed by atoms with Crippen molar-refractivity contribution >= 4 is 11.6 Å². The summed E-state index contributed by atoms with van der Waals surface area (Å²) in [7, 11) is 0. The van der Waals surface area contributed by atoms with E-state index < -0.39 is 34.7 Å². The van der Waals surface area contributed by atoms with E-state index in [1.807, 2.05) is 20.8 Å². The first kappa shape index (κ1) is 18.0. The molecule has 0 spiro atoms. The van der Waals surface area contributed by atoms with Crippen LogP contribution in [0.15, 0.2) is 36.5 Å². The van der Waals surface area contributed by atoms with Gasteiger partial charge in [-0.2, -0.15) is 0 Å². The smallest absolute Gasteiger partial charge is 0.227 e. The molecule has 3 rings (SSSR count). The Labute approximate surface area is 148 Å². The molecule has 0 bridgehead atoms. The van der Waals surface area contributed by atoms with E-state index in [1.165, 1.54) is 16.5 Å². The van der Waals surface area contributed by atoms with Crippen LogP contribution in [-0.4, -0.2) is 15.3 Å². The van der Waals surface area contributed by atoms with Crippen LogP contribution in [-0.2, 0) is 4.79 Å². The van der Waals surface area contributed by atoms with E-state index >= 15 is 0 Å². The van der Waals surface area contributed by atoms with Gasteiger partial charge in [-0.1, -0.05) is 20.8 Å². The molecule has 0 saturated heterocycles. The van der Waals surface area contributed by atoms with Gasteiger partial charge in [0, 0.05) is 17.8 Å². The number of hydrogen-bond acceptors (Lipinski definition) is 2. The van der Waals surface area contributed by atoms with Crippen LogP contribution in [0, 0.1) is 22.9 Å². The highest BCUT2D eigenvalue weighted by atomic mass is 19.1. The fourth-order valence-corrected chi connectivity index (χ4v) is 3.19. The van der Waals surface area contributed by atoms with Crippen LogP contribution in [0.4, 0.5) is 13.2 Å². The molecule has 1 aromatic carbocycles. The number of nitrogens with two attached hydrogens (primary N) is 1. The molecule has 0 saturated carbocycles. The molecule has 7 heteroatoms. The van der Waals surface area contributed by atoms with E-state index in [2.05, 4.69) is 4.98 Å². The van der Waals surface area contributed by atoms with Crippen molar-refractivity contribution in [2.45, 2.75) is 26.7 Å². The summed E-state index contributed by atoms with van der Waals surface area (Å²) in [4.78, 5) is 16.6. The molecule has 0 aliphatic carbocycles. The Kier molecular flexibility index (Phi) is 4.26. The van der Waals surface area contributed by atoms with Crippen molar-refractivity contribution in [3.63, 3.8) is 0 Å². The van der Waals surface area contributed by atoms with Gasteiger partial charge in [0.05, 0.1) is 17.3 Å². The zero-order valence-corrected chi connectivity index (χ0v) is 14.6. The van der Waals surface area contributed by atoms with Gasteiger partial charge in [0.25, 0.3) is 0 Å². The number of carbonyl (C=O) groups excluding carboxylic acids is 1. The van der Waals surface area contributed by atoms with Gasteiger partial charge in [0.15, 0.2) is 0 Å². The Morgan fingerprint density at radius 3 is 2.23 bits per heavy atom. The number of hydrogen-bond donors (Lipinski definition) is 1. The van der Waals surface area contributed by atoms with Crippen LogP contribution < -0.4 is 5.73 Å². The van der Waals surface area contributed by atoms with E-state index in [4.69, 9.17) is 5.73 Å². The molecule has 0 aliphatic heterocycles. The second-order valence-corrected chi connectivity index (χ2v) is 7.28. The summed E-state index contributed by atoms with van der Waals surface area (Å²) in [6, 6.07) is 5.61. The van der Waals surface area contributed by atoms with Crippen molar-refractivity contribution in [1.29, 1.82) is 0 Å². The van der Waals surface area contributed by atoms with Crippen LogP contribution in [0.25, 0.3) is 16.9 Å². The Balaban J connectivity index is 2.41. The first-order valence-electron chi connectivity index (χ1n) is 8.01. The Bertz CT molecular complexity index is 985. The Morgan fingerprint density at radius 1 is 1.08 bits per heavy atom. The van der Waals surface area contributed by atoms with Crippen molar-refractivity contribution in [1.82, 2.24) is 9.38 Å². The van der Waals surface area contributed by atoms with Gasteiger partial charge in [-0.05, 0) is 29.7 Å². The molecule has 4 nitrogen and oxygen atoms in total. The highest BCUT2D eigenvalue weighted by Gasteiger charge is 2.36. The maximum Gasteiger partial charge on any atom is 0.227 e. The molecule has 2 N–H and O–H groups in total. The van der Waals surface area contributed by atoms with Crippen molar-refractivity contribution in [3.05, 3.63) is 59.7 Å². The Hall–Kier alpha value is -2.83. The lowest BCUT2D eigenvalue weighted by molar-refractivity contribution is -0.121. The third-order valence-electron chi connectivity index (χ3n) is 4.17. The average molecular weight is 361 g/mol. The fourth-order valence-electron chi connectivity index (χ4n) is 3.19. The summed E-state index contributed by atoms with van der Waals surface area (Å²) in [6.07, 6.45) is 1.16. The zero-order valence-electron chi connectivity index (χ0n) is 14.6. The maximum atomic E-state index is 13.8. The van der Waals surface area contributed by atoms with Gasteiger partial charge in [-0.25, -0.2) is 18.2 Å². The quantitative estimate of drug-likeness (QED) is 0.766. The summed E-state index contributed by atoms with van der Waals surface area (Å²) in [5, 5.41) is 0. The van der Waals surface area contributed by atoms with E-state index in [9.17, 15) is 18.0 Å². The molecule has 26 heavy (non-hydrogen) atoms. The largest absolute Gasteiger partial charge is 0.369 e. The second kappa shape index (κ2) is 6.16. The molecule has 2 aromatic heterocycles. The Morgan fingerprint density at radius 2 is 1.69 bits per heavy atom. The van der Waals surface area contributed by atoms with Gasteiger partial charge in [0.1, 0.15) is 23.1 Å². The molecule has 0 aliphatic rings. The summed E-state index contributed by atoms with van der Waals surface area (Å²) < 4.78 is 42.8. The monoisotopic (exact) mass is 361 g/mol. The van der Waals surface area contributed by atoms with Crippen molar-refractivity contribution in [2.75, 3.05) is 0 Å². The van der Waals surface area contributed by atoms with E-state index in [0.717, 1.165) is 24.4 Å². The summed E-state index contributed by atoms with van der Waals surface area (Å²) in [5.74, 6) is -3.59. The fraction of sp³-hybridized carbons (Fsp3) is 0.263. The van der Waals surface area contributed by atoms with Crippen LogP contribution in [0.2, 0.25) is 0 Å². The summed E-state index contributed by atoms with van der Waals surface area (Å²) in [5.41, 5.74) is 5.97. The lowest BCUT2D eigenvalue weighted by Gasteiger charge is -2.27. The number of aromatic nitrogens is 2. The number of primary amides is 1. The minimum Gasteiger partial charge on any atom is -0.369 e. The molecule has 1 amide bonds. The van der Waals surface area contributed by atoms with Crippen molar-refractivity contribution in [3.8, 4) is 11.3 Å². The molecule has 3 aromatic rings. The molecule has 136 valence electrons. The lowest BCUT2D eigenvalue weighted by Crippen LogP contribution is -2.32. The number of benzene rings is 1. The van der Waals surface area contributed by atoms with Crippen LogP contribution in [0.5, 0.6) is 0 Å². The second-order valence-electron chi connectivity index (χ2n) is 7.28. The normalized spacial score (nSPS) is 13.2.